The van der Waals surface area contributed by atoms with Gasteiger partial charge in [0.2, 0.25) is 5.91 Å². The summed E-state index contributed by atoms with van der Waals surface area (Å²) in [4.78, 5) is 23.0. The van der Waals surface area contributed by atoms with E-state index >= 15 is 0 Å². The van der Waals surface area contributed by atoms with E-state index in [9.17, 15) is 9.59 Å². The third-order valence-electron chi connectivity index (χ3n) is 2.89. The second kappa shape index (κ2) is 4.85. The molecule has 0 spiro atoms. The van der Waals surface area contributed by atoms with Crippen LogP contribution in [-0.4, -0.2) is 23.0 Å². The molecule has 94 valence electrons. The van der Waals surface area contributed by atoms with Crippen molar-refractivity contribution in [2.24, 2.45) is 10.8 Å². The maximum atomic E-state index is 11.9. The Kier molecular flexibility index (Phi) is 4.53. The highest BCUT2D eigenvalue weighted by Gasteiger charge is 2.36. The molecular weight excluding hydrogens is 206 g/mol. The van der Waals surface area contributed by atoms with Gasteiger partial charge in [0.25, 0.3) is 0 Å². The van der Waals surface area contributed by atoms with E-state index in [1.54, 1.807) is 20.8 Å². The van der Waals surface area contributed by atoms with Gasteiger partial charge in [0.15, 0.2) is 0 Å². The molecule has 1 unspecified atom stereocenters. The molecule has 1 atom stereocenters. The van der Waals surface area contributed by atoms with Gasteiger partial charge in [-0.05, 0) is 11.8 Å². The zero-order valence-electron chi connectivity index (χ0n) is 11.0. The number of hydrogen-bond donors (Lipinski definition) is 2. The number of rotatable bonds is 4. The average Bonchev–Trinajstić information content (AvgIpc) is 2.11. The average molecular weight is 229 g/mol. The Labute approximate surface area is 97.4 Å². The molecule has 0 aromatic carbocycles. The number of amides is 1. The zero-order chi connectivity index (χ0) is 13.1. The van der Waals surface area contributed by atoms with Gasteiger partial charge >= 0.3 is 5.97 Å². The number of carboxylic acids is 1. The van der Waals surface area contributed by atoms with Crippen LogP contribution in [0.1, 0.15) is 48.0 Å². The first-order valence-electron chi connectivity index (χ1n) is 5.56. The van der Waals surface area contributed by atoms with Crippen molar-refractivity contribution in [3.05, 3.63) is 0 Å². The van der Waals surface area contributed by atoms with Gasteiger partial charge in [-0.1, -0.05) is 41.5 Å². The lowest BCUT2D eigenvalue weighted by molar-refractivity contribution is -0.146. The van der Waals surface area contributed by atoms with Crippen LogP contribution in [0.25, 0.3) is 0 Å². The van der Waals surface area contributed by atoms with Gasteiger partial charge in [-0.2, -0.15) is 0 Å². The van der Waals surface area contributed by atoms with Crippen LogP contribution in [0.15, 0.2) is 0 Å². The summed E-state index contributed by atoms with van der Waals surface area (Å²) in [5, 5.41) is 11.7. The molecule has 0 heterocycles. The second-order valence-corrected chi connectivity index (χ2v) is 5.85. The molecule has 0 fully saturated rings. The fourth-order valence-electron chi connectivity index (χ4n) is 1.14. The Bertz CT molecular complexity index is 276. The van der Waals surface area contributed by atoms with E-state index in [-0.39, 0.29) is 5.91 Å². The lowest BCUT2D eigenvalue weighted by Gasteiger charge is -2.31. The predicted octanol–water partition coefficient (Wildman–Crippen LogP) is 2.04. The summed E-state index contributed by atoms with van der Waals surface area (Å²) in [6, 6.07) is -0.856. The van der Waals surface area contributed by atoms with Crippen molar-refractivity contribution in [2.45, 2.75) is 54.0 Å². The lowest BCUT2D eigenvalue weighted by Crippen LogP contribution is -2.52. The van der Waals surface area contributed by atoms with Crippen LogP contribution >= 0.6 is 0 Å². The van der Waals surface area contributed by atoms with Crippen LogP contribution in [0.5, 0.6) is 0 Å². The molecule has 0 aliphatic carbocycles. The largest absolute Gasteiger partial charge is 0.480 e. The highest BCUT2D eigenvalue weighted by molar-refractivity contribution is 5.87. The first-order chi connectivity index (χ1) is 7.02. The lowest BCUT2D eigenvalue weighted by atomic mass is 9.84. The van der Waals surface area contributed by atoms with Gasteiger partial charge in [-0.3, -0.25) is 4.79 Å². The number of hydrogen-bond acceptors (Lipinski definition) is 2. The Morgan fingerprint density at radius 3 is 1.88 bits per heavy atom. The van der Waals surface area contributed by atoms with Crippen molar-refractivity contribution in [3.63, 3.8) is 0 Å². The molecule has 0 radical (unpaired) electrons. The molecule has 0 aromatic rings. The minimum Gasteiger partial charge on any atom is -0.480 e. The fraction of sp³-hybridized carbons (Fsp3) is 0.833. The Hall–Kier alpha value is -1.06. The molecule has 2 N–H and O–H groups in total. The van der Waals surface area contributed by atoms with Crippen molar-refractivity contribution in [1.29, 1.82) is 0 Å². The van der Waals surface area contributed by atoms with Crippen LogP contribution in [0.2, 0.25) is 0 Å². The van der Waals surface area contributed by atoms with Gasteiger partial charge in [0.05, 0.1) is 0 Å². The molecular formula is C12H23NO3. The Balaban J connectivity index is 4.81. The summed E-state index contributed by atoms with van der Waals surface area (Å²) in [6.07, 6.45) is 0.676. The smallest absolute Gasteiger partial charge is 0.326 e. The highest BCUT2D eigenvalue weighted by atomic mass is 16.4. The van der Waals surface area contributed by atoms with E-state index in [1.165, 1.54) is 0 Å². The van der Waals surface area contributed by atoms with Crippen LogP contribution in [-0.2, 0) is 9.59 Å². The van der Waals surface area contributed by atoms with Crippen molar-refractivity contribution in [3.8, 4) is 0 Å². The maximum Gasteiger partial charge on any atom is 0.326 e. The van der Waals surface area contributed by atoms with Crippen LogP contribution in [0, 0.1) is 10.8 Å². The van der Waals surface area contributed by atoms with Gasteiger partial charge in [0.1, 0.15) is 6.04 Å². The minimum absolute atomic E-state index is 0.211. The van der Waals surface area contributed by atoms with Crippen LogP contribution in [0.3, 0.4) is 0 Å². The predicted molar refractivity (Wildman–Crippen MR) is 63.1 cm³/mol. The third kappa shape index (κ3) is 3.83. The van der Waals surface area contributed by atoms with Gasteiger partial charge in [-0.15, -0.1) is 0 Å². The van der Waals surface area contributed by atoms with Crippen molar-refractivity contribution in [2.75, 3.05) is 0 Å². The summed E-state index contributed by atoms with van der Waals surface area (Å²) >= 11 is 0. The maximum absolute atomic E-state index is 11.9. The quantitative estimate of drug-likeness (QED) is 0.775. The Morgan fingerprint density at radius 1 is 1.19 bits per heavy atom. The van der Waals surface area contributed by atoms with Crippen molar-refractivity contribution < 1.29 is 14.7 Å². The first-order valence-corrected chi connectivity index (χ1v) is 5.56. The van der Waals surface area contributed by atoms with E-state index in [0.29, 0.717) is 6.42 Å². The number of carboxylic acid groups (broad SMARTS) is 1. The number of aliphatic carboxylic acids is 1. The topological polar surface area (TPSA) is 66.4 Å². The Morgan fingerprint density at radius 2 is 1.62 bits per heavy atom. The van der Waals surface area contributed by atoms with E-state index in [1.807, 2.05) is 20.8 Å². The van der Waals surface area contributed by atoms with Crippen LogP contribution in [0.4, 0.5) is 0 Å². The molecule has 0 aliphatic heterocycles. The van der Waals surface area contributed by atoms with Gasteiger partial charge in [0, 0.05) is 5.41 Å². The number of carbonyl (C=O) groups is 2. The van der Waals surface area contributed by atoms with E-state index in [4.69, 9.17) is 5.11 Å². The van der Waals surface area contributed by atoms with Gasteiger partial charge < -0.3 is 10.4 Å². The number of carbonyl (C=O) groups excluding carboxylic acids is 1. The van der Waals surface area contributed by atoms with Crippen LogP contribution < -0.4 is 5.32 Å². The molecule has 0 saturated carbocycles. The molecule has 4 nitrogen and oxygen atoms in total. The van der Waals surface area contributed by atoms with Crippen molar-refractivity contribution >= 4 is 11.9 Å². The van der Waals surface area contributed by atoms with E-state index in [2.05, 4.69) is 5.32 Å². The summed E-state index contributed by atoms with van der Waals surface area (Å²) in [6.45, 7) is 10.9. The second-order valence-electron chi connectivity index (χ2n) is 5.85. The van der Waals surface area contributed by atoms with E-state index < -0.39 is 22.8 Å². The monoisotopic (exact) mass is 229 g/mol. The summed E-state index contributed by atoms with van der Waals surface area (Å²) in [7, 11) is 0. The molecule has 0 aliphatic rings. The molecule has 0 saturated heterocycles. The zero-order valence-corrected chi connectivity index (χ0v) is 11.0. The molecule has 0 bridgehead atoms. The summed E-state index contributed by atoms with van der Waals surface area (Å²) < 4.78 is 0. The minimum atomic E-state index is -0.993. The molecule has 0 aromatic heterocycles. The molecule has 0 rings (SSSR count). The summed E-state index contributed by atoms with van der Waals surface area (Å²) in [5.41, 5.74) is -1.02. The van der Waals surface area contributed by atoms with E-state index in [0.717, 1.165) is 0 Å². The SMILES string of the molecule is CCC(C)(C)C(=O)NC(C(=O)O)C(C)(C)C. The standard InChI is InChI=1S/C12H23NO3/c1-7-12(5,6)10(16)13-8(9(14)15)11(2,3)4/h8H,7H2,1-6H3,(H,13,16)(H,14,15). The molecule has 16 heavy (non-hydrogen) atoms. The first kappa shape index (κ1) is 14.9. The number of nitrogens with one attached hydrogen (secondary N) is 1. The fourth-order valence-corrected chi connectivity index (χ4v) is 1.14. The third-order valence-corrected chi connectivity index (χ3v) is 2.89. The molecule has 1 amide bonds. The molecule has 4 heteroatoms. The summed E-state index contributed by atoms with van der Waals surface area (Å²) in [5.74, 6) is -1.20. The normalized spacial score (nSPS) is 14.4. The van der Waals surface area contributed by atoms with Crippen molar-refractivity contribution in [1.82, 2.24) is 5.32 Å². The highest BCUT2D eigenvalue weighted by Crippen LogP contribution is 2.24. The van der Waals surface area contributed by atoms with Gasteiger partial charge in [-0.25, -0.2) is 4.79 Å².